The molecule has 0 saturated carbocycles. The SMILES string of the molecule is COC(=O)c1c(Oc2cc(C)cc(O)c2C(=O)OCC(C)C(=O)O)c(OC)cc(O)c1[NH+]([O-])O. The van der Waals surface area contributed by atoms with Crippen LogP contribution in [0.5, 0.6) is 28.7 Å². The largest absolute Gasteiger partial charge is 0.595 e. The first-order valence-corrected chi connectivity index (χ1v) is 9.59. The molecule has 2 unspecified atom stereocenters. The van der Waals surface area contributed by atoms with Crippen LogP contribution in [0.3, 0.4) is 0 Å². The number of rotatable bonds is 9. The Bertz CT molecular complexity index is 1110. The van der Waals surface area contributed by atoms with Crippen molar-refractivity contribution in [2.24, 2.45) is 5.92 Å². The molecular weight excluding hydrogens is 458 g/mol. The van der Waals surface area contributed by atoms with E-state index in [0.717, 1.165) is 20.3 Å². The zero-order chi connectivity index (χ0) is 25.7. The third kappa shape index (κ3) is 5.46. The number of methoxy groups -OCH3 is 2. The molecule has 2 rings (SSSR count). The maximum atomic E-state index is 12.7. The number of aliphatic carboxylic acids is 1. The van der Waals surface area contributed by atoms with Crippen molar-refractivity contribution in [1.82, 2.24) is 0 Å². The molecule has 0 aliphatic rings. The molecule has 0 bridgehead atoms. The summed E-state index contributed by atoms with van der Waals surface area (Å²) in [5.41, 5.74) is -1.68. The number of ether oxygens (including phenoxy) is 4. The van der Waals surface area contributed by atoms with Crippen LogP contribution in [0.25, 0.3) is 0 Å². The number of aromatic hydroxyl groups is 2. The number of phenolic OH excluding ortho intramolecular Hbond substituents is 2. The zero-order valence-electron chi connectivity index (χ0n) is 18.6. The Labute approximate surface area is 192 Å². The lowest BCUT2D eigenvalue weighted by atomic mass is 10.1. The average Bonchev–Trinajstić information content (AvgIpc) is 2.76. The summed E-state index contributed by atoms with van der Waals surface area (Å²) >= 11 is 0. The average molecular weight is 481 g/mol. The molecule has 0 fully saturated rings. The molecular formula is C21H23NO12. The van der Waals surface area contributed by atoms with Crippen molar-refractivity contribution in [3.8, 4) is 28.7 Å². The monoisotopic (exact) mass is 481 g/mol. The summed E-state index contributed by atoms with van der Waals surface area (Å²) in [5, 5.41) is 49.0. The van der Waals surface area contributed by atoms with Crippen molar-refractivity contribution in [3.05, 3.63) is 40.1 Å². The van der Waals surface area contributed by atoms with Crippen LogP contribution in [0.1, 0.15) is 33.2 Å². The highest BCUT2D eigenvalue weighted by molar-refractivity contribution is 6.00. The van der Waals surface area contributed by atoms with E-state index in [1.54, 1.807) is 6.92 Å². The zero-order valence-corrected chi connectivity index (χ0v) is 18.6. The van der Waals surface area contributed by atoms with Gasteiger partial charge in [0.1, 0.15) is 23.7 Å². The molecule has 0 aliphatic carbocycles. The van der Waals surface area contributed by atoms with Gasteiger partial charge in [-0.3, -0.25) is 4.79 Å². The Kier molecular flexibility index (Phi) is 8.24. The lowest BCUT2D eigenvalue weighted by Crippen LogP contribution is -2.99. The summed E-state index contributed by atoms with van der Waals surface area (Å²) in [7, 11) is 2.12. The van der Waals surface area contributed by atoms with Gasteiger partial charge in [-0.05, 0) is 31.5 Å². The van der Waals surface area contributed by atoms with Crippen LogP contribution in [-0.4, -0.2) is 59.3 Å². The van der Waals surface area contributed by atoms with Crippen LogP contribution >= 0.6 is 0 Å². The normalized spacial score (nSPS) is 12.4. The van der Waals surface area contributed by atoms with Crippen LogP contribution in [0.15, 0.2) is 18.2 Å². The number of nitrogens with one attached hydrogen (secondary N) is 1. The van der Waals surface area contributed by atoms with Crippen LogP contribution in [-0.2, 0) is 14.3 Å². The lowest BCUT2D eigenvalue weighted by molar-refractivity contribution is -0.991. The molecule has 184 valence electrons. The van der Waals surface area contributed by atoms with E-state index in [1.165, 1.54) is 19.1 Å². The molecule has 0 spiro atoms. The van der Waals surface area contributed by atoms with Gasteiger partial charge < -0.3 is 39.5 Å². The fourth-order valence-corrected chi connectivity index (χ4v) is 2.87. The summed E-state index contributed by atoms with van der Waals surface area (Å²) in [6.07, 6.45) is 0. The lowest BCUT2D eigenvalue weighted by Gasteiger charge is -2.21. The van der Waals surface area contributed by atoms with Crippen LogP contribution < -0.4 is 14.7 Å². The van der Waals surface area contributed by atoms with E-state index < -0.39 is 69.7 Å². The maximum absolute atomic E-state index is 12.7. The van der Waals surface area contributed by atoms with Gasteiger partial charge in [0, 0.05) is 6.07 Å². The van der Waals surface area contributed by atoms with Gasteiger partial charge in [-0.15, -0.1) is 0 Å². The van der Waals surface area contributed by atoms with Gasteiger partial charge in [-0.25, -0.2) is 14.8 Å². The number of benzene rings is 2. The van der Waals surface area contributed by atoms with Gasteiger partial charge >= 0.3 is 17.9 Å². The number of aryl methyl sites for hydroxylation is 1. The summed E-state index contributed by atoms with van der Waals surface area (Å²) in [6.45, 7) is 2.34. The first kappa shape index (κ1) is 26.2. The second-order valence-electron chi connectivity index (χ2n) is 7.07. The number of carboxylic acid groups (broad SMARTS) is 1. The Morgan fingerprint density at radius 1 is 1.03 bits per heavy atom. The molecule has 0 heterocycles. The highest BCUT2D eigenvalue weighted by Crippen LogP contribution is 2.45. The minimum Gasteiger partial charge on any atom is -0.595 e. The van der Waals surface area contributed by atoms with E-state index >= 15 is 0 Å². The molecule has 0 amide bonds. The molecule has 34 heavy (non-hydrogen) atoms. The van der Waals surface area contributed by atoms with E-state index in [0.29, 0.717) is 5.56 Å². The minimum absolute atomic E-state index is 0.289. The van der Waals surface area contributed by atoms with Crippen molar-refractivity contribution in [2.75, 3.05) is 20.8 Å². The third-order valence-corrected chi connectivity index (χ3v) is 4.58. The predicted octanol–water partition coefficient (Wildman–Crippen LogP) is 1.27. The smallest absolute Gasteiger partial charge is 0.348 e. The van der Waals surface area contributed by atoms with Crippen molar-refractivity contribution < 1.29 is 59.1 Å². The number of hydrogen-bond donors (Lipinski definition) is 5. The molecule has 0 aromatic heterocycles. The summed E-state index contributed by atoms with van der Waals surface area (Å²) in [4.78, 5) is 36.1. The Morgan fingerprint density at radius 2 is 1.68 bits per heavy atom. The van der Waals surface area contributed by atoms with Gasteiger partial charge in [-0.1, -0.05) is 0 Å². The number of esters is 2. The number of phenols is 2. The molecule has 13 heteroatoms. The van der Waals surface area contributed by atoms with Crippen molar-refractivity contribution in [1.29, 1.82) is 0 Å². The van der Waals surface area contributed by atoms with E-state index in [9.17, 15) is 35.0 Å². The fourth-order valence-electron chi connectivity index (χ4n) is 2.87. The van der Waals surface area contributed by atoms with E-state index in [4.69, 9.17) is 19.3 Å². The molecule has 2 atom stereocenters. The topological polar surface area (TPSA) is 197 Å². The second-order valence-corrected chi connectivity index (χ2v) is 7.07. The summed E-state index contributed by atoms with van der Waals surface area (Å²) < 4.78 is 20.4. The number of hydrogen-bond acceptors (Lipinski definition) is 11. The molecule has 0 aliphatic heterocycles. The molecule has 5 N–H and O–H groups in total. The van der Waals surface area contributed by atoms with Crippen molar-refractivity contribution in [2.45, 2.75) is 13.8 Å². The van der Waals surface area contributed by atoms with Gasteiger partial charge in [0.05, 0.1) is 20.1 Å². The number of carbonyl (C=O) groups excluding carboxylic acids is 2. The van der Waals surface area contributed by atoms with Gasteiger partial charge in [0.15, 0.2) is 22.8 Å². The van der Waals surface area contributed by atoms with Crippen molar-refractivity contribution in [3.63, 3.8) is 0 Å². The van der Waals surface area contributed by atoms with Gasteiger partial charge in [-0.2, -0.15) is 5.23 Å². The maximum Gasteiger partial charge on any atom is 0.348 e. The molecule has 2 aromatic carbocycles. The molecule has 13 nitrogen and oxygen atoms in total. The Morgan fingerprint density at radius 3 is 2.21 bits per heavy atom. The van der Waals surface area contributed by atoms with Crippen LogP contribution in [0.4, 0.5) is 5.69 Å². The highest BCUT2D eigenvalue weighted by Gasteiger charge is 2.33. The third-order valence-electron chi connectivity index (χ3n) is 4.58. The van der Waals surface area contributed by atoms with Crippen molar-refractivity contribution >= 4 is 23.6 Å². The van der Waals surface area contributed by atoms with Gasteiger partial charge in [0.25, 0.3) is 0 Å². The molecule has 2 aromatic rings. The Hall–Kier alpha value is -4.07. The Balaban J connectivity index is 2.69. The number of carbonyl (C=O) groups is 3. The summed E-state index contributed by atoms with van der Waals surface area (Å²) in [5.74, 6) is -7.17. The number of carboxylic acids is 1. The van der Waals surface area contributed by atoms with E-state index in [2.05, 4.69) is 4.74 Å². The van der Waals surface area contributed by atoms with Crippen LogP contribution in [0.2, 0.25) is 0 Å². The summed E-state index contributed by atoms with van der Waals surface area (Å²) in [6, 6.07) is 3.38. The van der Waals surface area contributed by atoms with Crippen LogP contribution in [0, 0.1) is 18.0 Å². The standard InChI is InChI=1S/C21H23NO12/c1-9-5-11(23)15(21(28)33-8-10(2)19(25)26)13(6-9)34-18-14(31-3)7-12(24)17(22(29)30)16(18)20(27)32-4/h5-7,10,22-24,29H,8H2,1-4H3,(H,25,26). The first-order valence-electron chi connectivity index (χ1n) is 9.59. The quantitative estimate of drug-likeness (QED) is 0.196. The van der Waals surface area contributed by atoms with E-state index in [-0.39, 0.29) is 11.5 Å². The first-order chi connectivity index (χ1) is 15.9. The fraction of sp³-hybridized carbons (Fsp3) is 0.286. The van der Waals surface area contributed by atoms with Gasteiger partial charge in [0.2, 0.25) is 5.69 Å². The predicted molar refractivity (Wildman–Crippen MR) is 112 cm³/mol. The molecule has 0 saturated heterocycles. The minimum atomic E-state index is -1.68. The molecule has 0 radical (unpaired) electrons. The second kappa shape index (κ2) is 10.7. The number of quaternary nitrogens is 1. The van der Waals surface area contributed by atoms with E-state index in [1.807, 2.05) is 0 Å². The highest BCUT2D eigenvalue weighted by atomic mass is 16.8.